The molecule has 0 spiro atoms. The summed E-state index contributed by atoms with van der Waals surface area (Å²) in [5.74, 6) is 0.0253. The molecule has 3 N–H and O–H groups in total. The minimum atomic E-state index is -0.620. The molecule has 1 unspecified atom stereocenters. The van der Waals surface area contributed by atoms with Gasteiger partial charge < -0.3 is 15.8 Å². The number of nitrogens with one attached hydrogen (secondary N) is 1. The van der Waals surface area contributed by atoms with Gasteiger partial charge in [0.15, 0.2) is 0 Å². The molecule has 2 aliphatic rings. The maximum atomic E-state index is 12.2. The Morgan fingerprint density at radius 1 is 1.31 bits per heavy atom. The molecular formula is C12H22N2O2. The van der Waals surface area contributed by atoms with Gasteiger partial charge in [0.1, 0.15) is 5.60 Å². The summed E-state index contributed by atoms with van der Waals surface area (Å²) in [6, 6.07) is 0. The van der Waals surface area contributed by atoms with Gasteiger partial charge in [0.05, 0.1) is 5.54 Å². The molecule has 2 fully saturated rings. The molecule has 0 radical (unpaired) electrons. The van der Waals surface area contributed by atoms with E-state index < -0.39 is 5.60 Å². The highest BCUT2D eigenvalue weighted by Gasteiger charge is 2.42. The molecule has 92 valence electrons. The number of carbonyl (C=O) groups excluding carboxylic acids is 1. The molecule has 0 aromatic rings. The van der Waals surface area contributed by atoms with Gasteiger partial charge in [-0.25, -0.2) is 0 Å². The van der Waals surface area contributed by atoms with E-state index in [0.717, 1.165) is 38.5 Å². The summed E-state index contributed by atoms with van der Waals surface area (Å²) in [7, 11) is 0. The third-order valence-electron chi connectivity index (χ3n) is 4.03. The van der Waals surface area contributed by atoms with Crippen molar-refractivity contribution in [1.82, 2.24) is 5.32 Å². The van der Waals surface area contributed by atoms with Gasteiger partial charge in [-0.05, 0) is 32.6 Å². The highest BCUT2D eigenvalue weighted by Crippen LogP contribution is 2.31. The van der Waals surface area contributed by atoms with E-state index in [1.165, 1.54) is 0 Å². The highest BCUT2D eigenvalue weighted by atomic mass is 16.5. The minimum absolute atomic E-state index is 0.0253. The lowest BCUT2D eigenvalue weighted by Gasteiger charge is -2.33. The first-order valence-corrected chi connectivity index (χ1v) is 6.27. The molecule has 1 saturated heterocycles. The van der Waals surface area contributed by atoms with Crippen LogP contribution in [0.5, 0.6) is 0 Å². The number of nitrogens with two attached hydrogens (primary N) is 1. The number of ether oxygens (including phenoxy) is 1. The zero-order valence-corrected chi connectivity index (χ0v) is 10.1. The van der Waals surface area contributed by atoms with Crippen LogP contribution in [0, 0.1) is 0 Å². The first-order valence-electron chi connectivity index (χ1n) is 6.27. The van der Waals surface area contributed by atoms with Gasteiger partial charge >= 0.3 is 0 Å². The van der Waals surface area contributed by atoms with Gasteiger partial charge in [0.25, 0.3) is 5.91 Å². The van der Waals surface area contributed by atoms with Crippen molar-refractivity contribution >= 4 is 5.91 Å². The number of carbonyl (C=O) groups is 1. The maximum Gasteiger partial charge on any atom is 0.252 e. The Balaban J connectivity index is 2.00. The van der Waals surface area contributed by atoms with E-state index in [0.29, 0.717) is 13.2 Å². The maximum absolute atomic E-state index is 12.2. The number of hydrogen-bond acceptors (Lipinski definition) is 3. The van der Waals surface area contributed by atoms with Gasteiger partial charge in [0, 0.05) is 13.2 Å². The topological polar surface area (TPSA) is 64.4 Å². The van der Waals surface area contributed by atoms with Crippen molar-refractivity contribution in [2.24, 2.45) is 5.73 Å². The van der Waals surface area contributed by atoms with Crippen molar-refractivity contribution in [2.45, 2.75) is 56.6 Å². The molecule has 1 saturated carbocycles. The van der Waals surface area contributed by atoms with E-state index in [4.69, 9.17) is 10.5 Å². The zero-order chi connectivity index (χ0) is 11.6. The van der Waals surface area contributed by atoms with Crippen molar-refractivity contribution in [3.63, 3.8) is 0 Å². The third kappa shape index (κ3) is 2.09. The van der Waals surface area contributed by atoms with E-state index in [2.05, 4.69) is 5.32 Å². The van der Waals surface area contributed by atoms with Crippen LogP contribution in [0.25, 0.3) is 0 Å². The molecular weight excluding hydrogens is 204 g/mol. The predicted molar refractivity (Wildman–Crippen MR) is 62.0 cm³/mol. The standard InChI is InChI=1S/C12H22N2O2/c1-11(5-4-8-16-11)10(15)14-12(9-13)6-2-3-7-12/h2-9,13H2,1H3,(H,14,15). The Kier molecular flexibility index (Phi) is 3.22. The Morgan fingerprint density at radius 2 is 2.00 bits per heavy atom. The number of amides is 1. The summed E-state index contributed by atoms with van der Waals surface area (Å²) in [4.78, 5) is 12.2. The Labute approximate surface area is 96.9 Å². The van der Waals surface area contributed by atoms with Crippen molar-refractivity contribution in [3.05, 3.63) is 0 Å². The molecule has 0 aromatic heterocycles. The van der Waals surface area contributed by atoms with Gasteiger partial charge in [0.2, 0.25) is 0 Å². The van der Waals surface area contributed by atoms with Crippen LogP contribution >= 0.6 is 0 Å². The average molecular weight is 226 g/mol. The number of hydrogen-bond donors (Lipinski definition) is 2. The summed E-state index contributed by atoms with van der Waals surface area (Å²) < 4.78 is 5.55. The van der Waals surface area contributed by atoms with E-state index in [1.54, 1.807) is 0 Å². The van der Waals surface area contributed by atoms with Crippen molar-refractivity contribution in [3.8, 4) is 0 Å². The Hall–Kier alpha value is -0.610. The molecule has 4 heteroatoms. The second-order valence-electron chi connectivity index (χ2n) is 5.33. The monoisotopic (exact) mass is 226 g/mol. The van der Waals surface area contributed by atoms with Crippen LogP contribution in [0.2, 0.25) is 0 Å². The van der Waals surface area contributed by atoms with Gasteiger partial charge in [-0.2, -0.15) is 0 Å². The van der Waals surface area contributed by atoms with Crippen molar-refractivity contribution < 1.29 is 9.53 Å². The van der Waals surface area contributed by atoms with Crippen LogP contribution in [0.4, 0.5) is 0 Å². The van der Waals surface area contributed by atoms with Crippen LogP contribution < -0.4 is 11.1 Å². The fourth-order valence-electron chi connectivity index (χ4n) is 2.76. The van der Waals surface area contributed by atoms with E-state index in [-0.39, 0.29) is 11.4 Å². The highest BCUT2D eigenvalue weighted by molar-refractivity contribution is 5.85. The molecule has 0 aromatic carbocycles. The lowest BCUT2D eigenvalue weighted by atomic mass is 9.94. The first kappa shape index (κ1) is 11.9. The van der Waals surface area contributed by atoms with Crippen LogP contribution in [-0.2, 0) is 9.53 Å². The average Bonchev–Trinajstić information content (AvgIpc) is 2.89. The van der Waals surface area contributed by atoms with Gasteiger partial charge in [-0.15, -0.1) is 0 Å². The largest absolute Gasteiger partial charge is 0.365 e. The van der Waals surface area contributed by atoms with Crippen LogP contribution in [0.1, 0.15) is 45.4 Å². The van der Waals surface area contributed by atoms with Crippen LogP contribution in [0.15, 0.2) is 0 Å². The summed E-state index contributed by atoms with van der Waals surface area (Å²) in [6.07, 6.45) is 6.12. The Bertz CT molecular complexity index is 266. The quantitative estimate of drug-likeness (QED) is 0.753. The van der Waals surface area contributed by atoms with E-state index in [1.807, 2.05) is 6.92 Å². The van der Waals surface area contributed by atoms with Crippen LogP contribution in [-0.4, -0.2) is 30.2 Å². The van der Waals surface area contributed by atoms with E-state index in [9.17, 15) is 4.79 Å². The molecule has 4 nitrogen and oxygen atoms in total. The van der Waals surface area contributed by atoms with Gasteiger partial charge in [-0.1, -0.05) is 12.8 Å². The predicted octanol–water partition coefficient (Wildman–Crippen LogP) is 0.943. The van der Waals surface area contributed by atoms with Crippen LogP contribution in [0.3, 0.4) is 0 Å². The lowest BCUT2D eigenvalue weighted by Crippen LogP contribution is -2.57. The zero-order valence-electron chi connectivity index (χ0n) is 10.1. The number of rotatable bonds is 3. The summed E-state index contributed by atoms with van der Waals surface area (Å²) in [5.41, 5.74) is 5.02. The molecule has 1 atom stereocenters. The van der Waals surface area contributed by atoms with Gasteiger partial charge in [-0.3, -0.25) is 4.79 Å². The Morgan fingerprint density at radius 3 is 2.50 bits per heavy atom. The molecule has 1 aliphatic heterocycles. The SMILES string of the molecule is CC1(C(=O)NC2(CN)CCCC2)CCCO1. The minimum Gasteiger partial charge on any atom is -0.365 e. The summed E-state index contributed by atoms with van der Waals surface area (Å²) >= 11 is 0. The summed E-state index contributed by atoms with van der Waals surface area (Å²) in [6.45, 7) is 3.11. The molecule has 2 rings (SSSR count). The molecule has 0 bridgehead atoms. The molecule has 16 heavy (non-hydrogen) atoms. The normalized spacial score (nSPS) is 32.9. The smallest absolute Gasteiger partial charge is 0.252 e. The lowest BCUT2D eigenvalue weighted by molar-refractivity contribution is -0.141. The molecule has 1 heterocycles. The fraction of sp³-hybridized carbons (Fsp3) is 0.917. The van der Waals surface area contributed by atoms with E-state index >= 15 is 0 Å². The third-order valence-corrected chi connectivity index (χ3v) is 4.03. The summed E-state index contributed by atoms with van der Waals surface area (Å²) in [5, 5.41) is 3.14. The second kappa shape index (κ2) is 4.34. The van der Waals surface area contributed by atoms with Crippen molar-refractivity contribution in [1.29, 1.82) is 0 Å². The fourth-order valence-corrected chi connectivity index (χ4v) is 2.76. The first-order chi connectivity index (χ1) is 7.60. The van der Waals surface area contributed by atoms with Crippen molar-refractivity contribution in [2.75, 3.05) is 13.2 Å². The molecule has 1 aliphatic carbocycles. The second-order valence-corrected chi connectivity index (χ2v) is 5.33. The molecule has 1 amide bonds.